The van der Waals surface area contributed by atoms with Gasteiger partial charge in [0.05, 0.1) is 6.04 Å². The fourth-order valence-corrected chi connectivity index (χ4v) is 6.17. The minimum Gasteiger partial charge on any atom is -0.353 e. The summed E-state index contributed by atoms with van der Waals surface area (Å²) in [5.74, 6) is -1.57. The van der Waals surface area contributed by atoms with Gasteiger partial charge in [0.1, 0.15) is 5.78 Å². The van der Waals surface area contributed by atoms with Gasteiger partial charge in [-0.15, -0.1) is 0 Å². The predicted molar refractivity (Wildman–Crippen MR) is 173 cm³/mol. The average Bonchev–Trinajstić information content (AvgIpc) is 3.02. The molecular weight excluding hydrogens is 538 g/mol. The molecule has 236 valence electrons. The van der Waals surface area contributed by atoms with E-state index in [9.17, 15) is 19.2 Å². The third-order valence-electron chi connectivity index (χ3n) is 9.17. The maximum absolute atomic E-state index is 13.8. The van der Waals surface area contributed by atoms with Gasteiger partial charge in [-0.2, -0.15) is 0 Å². The second-order valence-electron chi connectivity index (χ2n) is 12.5. The first-order valence-corrected chi connectivity index (χ1v) is 16.6. The lowest BCUT2D eigenvalue weighted by Gasteiger charge is -2.29. The molecule has 2 aromatic carbocycles. The van der Waals surface area contributed by atoms with Crippen molar-refractivity contribution in [2.24, 2.45) is 23.5 Å². The molecule has 2 aromatic rings. The quantitative estimate of drug-likeness (QED) is 0.182. The Labute approximate surface area is 258 Å². The number of carbonyl (C=O) groups excluding carboxylic acids is 4. The van der Waals surface area contributed by atoms with Crippen molar-refractivity contribution < 1.29 is 19.2 Å². The van der Waals surface area contributed by atoms with Crippen LogP contribution in [0.2, 0.25) is 0 Å². The van der Waals surface area contributed by atoms with Crippen molar-refractivity contribution in [2.75, 3.05) is 6.54 Å². The van der Waals surface area contributed by atoms with Crippen molar-refractivity contribution in [2.45, 2.75) is 116 Å². The monoisotopic (exact) mass is 591 g/mol. The Bertz CT molecular complexity index is 1210. The lowest BCUT2D eigenvalue weighted by molar-refractivity contribution is -0.135. The number of nitrogens with one attached hydrogen (secondary N) is 2. The first kappa shape index (κ1) is 34.4. The second-order valence-corrected chi connectivity index (χ2v) is 12.5. The van der Waals surface area contributed by atoms with Crippen molar-refractivity contribution in [1.29, 1.82) is 0 Å². The van der Waals surface area contributed by atoms with E-state index in [2.05, 4.69) is 16.7 Å². The Hall–Kier alpha value is -3.06. The molecule has 1 aliphatic rings. The largest absolute Gasteiger partial charge is 0.353 e. The standard InChI is InChI=1S/C36H53N3O4/c1-4-25(3)34(33(41)24-29(15-11-12-20-37)35(42)38-31-16-7-6-8-17-31)39-36(43)30(23-32(40)5-2)22-26-18-19-27-13-9-10-14-28(27)21-26/h9-10,13-14,18-19,21,25,29-31,34H,4-8,11-12,15-17,20,22-24,37H2,1-3H3,(H,38,42)(H,39,43)/t25-,29+,30+,34-/m0/s1. The number of unbranched alkanes of at least 4 members (excludes halogenated alkanes) is 1. The third-order valence-corrected chi connectivity index (χ3v) is 9.17. The summed E-state index contributed by atoms with van der Waals surface area (Å²) in [7, 11) is 0. The van der Waals surface area contributed by atoms with E-state index >= 15 is 0 Å². The van der Waals surface area contributed by atoms with Crippen molar-refractivity contribution >= 4 is 34.2 Å². The van der Waals surface area contributed by atoms with Gasteiger partial charge < -0.3 is 16.4 Å². The first-order valence-electron chi connectivity index (χ1n) is 16.6. The predicted octanol–water partition coefficient (Wildman–Crippen LogP) is 6.05. The van der Waals surface area contributed by atoms with Crippen LogP contribution in [0.5, 0.6) is 0 Å². The third kappa shape index (κ3) is 10.9. The molecule has 0 unspecified atom stereocenters. The summed E-state index contributed by atoms with van der Waals surface area (Å²) in [5.41, 5.74) is 6.70. The SMILES string of the molecule is CCC(=O)C[C@@H](Cc1ccc2ccccc2c1)C(=O)N[C@H](C(=O)C[C@@H](CCCCN)C(=O)NC1CCCCC1)[C@@H](C)CC. The Kier molecular flexibility index (Phi) is 14.3. The smallest absolute Gasteiger partial charge is 0.224 e. The topological polar surface area (TPSA) is 118 Å². The number of carbonyl (C=O) groups is 4. The number of nitrogens with two attached hydrogens (primary N) is 1. The molecule has 0 spiro atoms. The van der Waals surface area contributed by atoms with Gasteiger partial charge >= 0.3 is 0 Å². The van der Waals surface area contributed by atoms with Crippen LogP contribution in [-0.4, -0.2) is 42.0 Å². The number of rotatable bonds is 18. The van der Waals surface area contributed by atoms with Crippen LogP contribution >= 0.6 is 0 Å². The normalized spacial score (nSPS) is 16.7. The average molecular weight is 592 g/mol. The van der Waals surface area contributed by atoms with E-state index in [1.807, 2.05) is 57.2 Å². The molecule has 0 heterocycles. The molecule has 0 bridgehead atoms. The van der Waals surface area contributed by atoms with Gasteiger partial charge in [-0.25, -0.2) is 0 Å². The van der Waals surface area contributed by atoms with Crippen LogP contribution in [0, 0.1) is 17.8 Å². The molecule has 7 heteroatoms. The van der Waals surface area contributed by atoms with E-state index in [-0.39, 0.29) is 48.2 Å². The maximum atomic E-state index is 13.8. The molecular formula is C36H53N3O4. The molecule has 0 aromatic heterocycles. The Morgan fingerprint density at radius 1 is 0.884 bits per heavy atom. The van der Waals surface area contributed by atoms with Gasteiger partial charge in [-0.05, 0) is 60.9 Å². The molecule has 0 saturated heterocycles. The molecule has 0 radical (unpaired) electrons. The minimum absolute atomic E-state index is 0.0201. The van der Waals surface area contributed by atoms with Crippen molar-refractivity contribution in [1.82, 2.24) is 10.6 Å². The lowest BCUT2D eigenvalue weighted by Crippen LogP contribution is -2.49. The van der Waals surface area contributed by atoms with Gasteiger partial charge in [-0.1, -0.05) is 95.3 Å². The molecule has 1 aliphatic carbocycles. The highest BCUT2D eigenvalue weighted by molar-refractivity contribution is 5.94. The highest BCUT2D eigenvalue weighted by Gasteiger charge is 2.33. The molecule has 1 saturated carbocycles. The number of ketones is 2. The molecule has 43 heavy (non-hydrogen) atoms. The van der Waals surface area contributed by atoms with Gasteiger partial charge in [0.25, 0.3) is 0 Å². The van der Waals surface area contributed by atoms with E-state index in [1.54, 1.807) is 0 Å². The van der Waals surface area contributed by atoms with Crippen molar-refractivity contribution in [3.63, 3.8) is 0 Å². The zero-order chi connectivity index (χ0) is 31.2. The number of Topliss-reactive ketones (excluding diaryl/α,β-unsaturated/α-hetero) is 2. The number of fused-ring (bicyclic) bond motifs is 1. The zero-order valence-corrected chi connectivity index (χ0v) is 26.5. The van der Waals surface area contributed by atoms with Gasteiger partial charge in [-0.3, -0.25) is 19.2 Å². The fourth-order valence-electron chi connectivity index (χ4n) is 6.17. The van der Waals surface area contributed by atoms with Crippen LogP contribution in [0.25, 0.3) is 10.8 Å². The summed E-state index contributed by atoms with van der Waals surface area (Å²) >= 11 is 0. The second kappa shape index (κ2) is 17.9. The molecule has 3 rings (SSSR count). The molecule has 4 N–H and O–H groups in total. The van der Waals surface area contributed by atoms with Gasteiger partial charge in [0, 0.05) is 37.1 Å². The van der Waals surface area contributed by atoms with Crippen LogP contribution in [0.1, 0.15) is 103 Å². The van der Waals surface area contributed by atoms with Crippen LogP contribution in [0.15, 0.2) is 42.5 Å². The van der Waals surface area contributed by atoms with E-state index < -0.39 is 17.9 Å². The number of hydrogen-bond donors (Lipinski definition) is 3. The van der Waals surface area contributed by atoms with Crippen molar-refractivity contribution in [3.05, 3.63) is 48.0 Å². The van der Waals surface area contributed by atoms with Crippen LogP contribution in [-0.2, 0) is 25.6 Å². The van der Waals surface area contributed by atoms with Crippen LogP contribution in [0.3, 0.4) is 0 Å². The van der Waals surface area contributed by atoms with E-state index in [0.717, 1.165) is 54.9 Å². The van der Waals surface area contributed by atoms with Crippen LogP contribution in [0.4, 0.5) is 0 Å². The lowest BCUT2D eigenvalue weighted by atomic mass is 9.86. The van der Waals surface area contributed by atoms with E-state index in [1.165, 1.54) is 6.42 Å². The number of amides is 2. The van der Waals surface area contributed by atoms with Crippen LogP contribution < -0.4 is 16.4 Å². The Morgan fingerprint density at radius 3 is 2.28 bits per heavy atom. The molecule has 1 fully saturated rings. The molecule has 4 atom stereocenters. The minimum atomic E-state index is -0.715. The van der Waals surface area contributed by atoms with Gasteiger partial charge in [0.15, 0.2) is 5.78 Å². The Morgan fingerprint density at radius 2 is 1.60 bits per heavy atom. The fraction of sp³-hybridized carbons (Fsp3) is 0.611. The van der Waals surface area contributed by atoms with E-state index in [0.29, 0.717) is 32.2 Å². The number of hydrogen-bond acceptors (Lipinski definition) is 5. The van der Waals surface area contributed by atoms with Gasteiger partial charge in [0.2, 0.25) is 11.8 Å². The highest BCUT2D eigenvalue weighted by Crippen LogP contribution is 2.24. The summed E-state index contributed by atoms with van der Waals surface area (Å²) in [6, 6.07) is 13.6. The molecule has 2 amide bonds. The summed E-state index contributed by atoms with van der Waals surface area (Å²) in [5, 5.41) is 8.47. The molecule has 7 nitrogen and oxygen atoms in total. The first-order chi connectivity index (χ1) is 20.7. The maximum Gasteiger partial charge on any atom is 0.224 e. The summed E-state index contributed by atoms with van der Waals surface area (Å²) in [6.45, 7) is 6.32. The highest BCUT2D eigenvalue weighted by atomic mass is 16.2. The Balaban J connectivity index is 1.76. The zero-order valence-electron chi connectivity index (χ0n) is 26.5. The molecule has 0 aliphatic heterocycles. The summed E-state index contributed by atoms with van der Waals surface area (Å²) in [4.78, 5) is 53.5. The number of benzene rings is 2. The summed E-state index contributed by atoms with van der Waals surface area (Å²) < 4.78 is 0. The summed E-state index contributed by atoms with van der Waals surface area (Å²) in [6.07, 6.45) is 9.25. The van der Waals surface area contributed by atoms with Crippen molar-refractivity contribution in [3.8, 4) is 0 Å². The van der Waals surface area contributed by atoms with E-state index in [4.69, 9.17) is 5.73 Å².